The second kappa shape index (κ2) is 12.0. The van der Waals surface area contributed by atoms with Gasteiger partial charge in [0.05, 0.1) is 17.6 Å². The molecular weight excluding hydrogens is 404 g/mol. The van der Waals surface area contributed by atoms with Crippen LogP contribution in [0, 0.1) is 17.8 Å². The summed E-state index contributed by atoms with van der Waals surface area (Å²) in [7, 11) is 0. The van der Waals surface area contributed by atoms with E-state index in [-0.39, 0.29) is 35.4 Å². The Morgan fingerprint density at radius 3 is 2.47 bits per heavy atom. The summed E-state index contributed by atoms with van der Waals surface area (Å²) in [6, 6.07) is 0. The predicted octanol–water partition coefficient (Wildman–Crippen LogP) is 4.84. The molecule has 5 nitrogen and oxygen atoms in total. The molecule has 1 aliphatic heterocycles. The van der Waals surface area contributed by atoms with Crippen molar-refractivity contribution in [2.45, 2.75) is 108 Å². The maximum atomic E-state index is 11.8. The SMILES string of the molecule is CC(C)(C)OC(=O)CCCCCC[C@@H]1[C@@H](CCCO)[C@H](O)C[C@H]1C1(Cl)CCCOC1. The molecule has 2 N–H and O–H groups in total. The zero-order chi connectivity index (χ0) is 22.2. The molecule has 0 aromatic carbocycles. The lowest BCUT2D eigenvalue weighted by Gasteiger charge is -2.40. The van der Waals surface area contributed by atoms with E-state index in [2.05, 4.69) is 0 Å². The summed E-state index contributed by atoms with van der Waals surface area (Å²) in [5.74, 6) is 0.727. The number of hydrogen-bond acceptors (Lipinski definition) is 5. The Labute approximate surface area is 187 Å². The van der Waals surface area contributed by atoms with Crippen LogP contribution in [0.25, 0.3) is 0 Å². The Kier molecular flexibility index (Phi) is 10.4. The van der Waals surface area contributed by atoms with Crippen molar-refractivity contribution in [1.29, 1.82) is 0 Å². The normalized spacial score (nSPS) is 32.3. The summed E-state index contributed by atoms with van der Waals surface area (Å²) >= 11 is 7.05. The highest BCUT2D eigenvalue weighted by molar-refractivity contribution is 6.24. The summed E-state index contributed by atoms with van der Waals surface area (Å²) in [4.78, 5) is 11.5. The van der Waals surface area contributed by atoms with Crippen LogP contribution in [0.5, 0.6) is 0 Å². The number of halogens is 1. The average Bonchev–Trinajstić information content (AvgIpc) is 2.98. The minimum atomic E-state index is -0.417. The number of unbranched alkanes of at least 4 members (excludes halogenated alkanes) is 3. The van der Waals surface area contributed by atoms with Crippen LogP contribution >= 0.6 is 11.6 Å². The second-order valence-electron chi connectivity index (χ2n) is 10.3. The predicted molar refractivity (Wildman–Crippen MR) is 120 cm³/mol. The lowest BCUT2D eigenvalue weighted by atomic mass is 9.75. The van der Waals surface area contributed by atoms with Crippen LogP contribution in [0.1, 0.15) is 91.4 Å². The number of carbonyl (C=O) groups excluding carboxylic acids is 1. The van der Waals surface area contributed by atoms with Gasteiger partial charge in [0.1, 0.15) is 5.60 Å². The summed E-state index contributed by atoms with van der Waals surface area (Å²) in [6.45, 7) is 7.20. The number of carbonyl (C=O) groups is 1. The number of hydrogen-bond donors (Lipinski definition) is 2. The van der Waals surface area contributed by atoms with Crippen molar-refractivity contribution in [3.8, 4) is 0 Å². The topological polar surface area (TPSA) is 76.0 Å². The van der Waals surface area contributed by atoms with Gasteiger partial charge in [-0.15, -0.1) is 11.6 Å². The Hall–Kier alpha value is -0.360. The van der Waals surface area contributed by atoms with Crippen molar-refractivity contribution in [2.24, 2.45) is 17.8 Å². The molecule has 1 saturated heterocycles. The van der Waals surface area contributed by atoms with Crippen molar-refractivity contribution in [2.75, 3.05) is 19.8 Å². The zero-order valence-corrected chi connectivity index (χ0v) is 20.0. The molecule has 2 rings (SSSR count). The Morgan fingerprint density at radius 2 is 1.83 bits per heavy atom. The molecule has 30 heavy (non-hydrogen) atoms. The zero-order valence-electron chi connectivity index (χ0n) is 19.2. The van der Waals surface area contributed by atoms with Crippen LogP contribution in [0.2, 0.25) is 0 Å². The lowest BCUT2D eigenvalue weighted by molar-refractivity contribution is -0.154. The first-order valence-corrected chi connectivity index (χ1v) is 12.3. The molecule has 2 fully saturated rings. The van der Waals surface area contributed by atoms with Gasteiger partial charge in [-0.2, -0.15) is 0 Å². The minimum Gasteiger partial charge on any atom is -0.460 e. The maximum absolute atomic E-state index is 11.8. The Morgan fingerprint density at radius 1 is 1.13 bits per heavy atom. The molecule has 0 aromatic heterocycles. The third kappa shape index (κ3) is 7.96. The minimum absolute atomic E-state index is 0.119. The van der Waals surface area contributed by atoms with Crippen molar-refractivity contribution >= 4 is 17.6 Å². The smallest absolute Gasteiger partial charge is 0.306 e. The van der Waals surface area contributed by atoms with Gasteiger partial charge in [0.2, 0.25) is 0 Å². The molecule has 1 unspecified atom stereocenters. The third-order valence-corrected chi connectivity index (χ3v) is 7.31. The third-order valence-electron chi connectivity index (χ3n) is 6.73. The van der Waals surface area contributed by atoms with E-state index >= 15 is 0 Å². The molecule has 0 radical (unpaired) electrons. The van der Waals surface area contributed by atoms with E-state index in [4.69, 9.17) is 21.1 Å². The summed E-state index contributed by atoms with van der Waals surface area (Å²) < 4.78 is 11.1. The highest BCUT2D eigenvalue weighted by atomic mass is 35.5. The van der Waals surface area contributed by atoms with E-state index in [0.717, 1.165) is 70.8 Å². The molecule has 1 aliphatic carbocycles. The standard InChI is InChI=1S/C24H43ClO5/c1-23(2,3)30-22(28)12-7-5-4-6-10-18-19(11-8-14-26)21(27)16-20(18)24(25)13-9-15-29-17-24/h18-21,26-27H,4-17H2,1-3H3/t18-,19-,20-,21-,24?/m1/s1. The van der Waals surface area contributed by atoms with Crippen molar-refractivity contribution in [3.05, 3.63) is 0 Å². The lowest BCUT2D eigenvalue weighted by Crippen LogP contribution is -2.42. The van der Waals surface area contributed by atoms with Crippen molar-refractivity contribution in [1.82, 2.24) is 0 Å². The molecule has 0 aromatic rings. The van der Waals surface area contributed by atoms with E-state index in [1.165, 1.54) is 0 Å². The maximum Gasteiger partial charge on any atom is 0.306 e. The molecule has 1 saturated carbocycles. The number of aliphatic hydroxyl groups is 2. The van der Waals surface area contributed by atoms with E-state index in [1.807, 2.05) is 20.8 Å². The Bertz CT molecular complexity index is 512. The number of ether oxygens (including phenoxy) is 2. The number of rotatable bonds is 11. The monoisotopic (exact) mass is 446 g/mol. The van der Waals surface area contributed by atoms with Gasteiger partial charge in [-0.1, -0.05) is 19.3 Å². The van der Waals surface area contributed by atoms with Gasteiger partial charge in [0.15, 0.2) is 0 Å². The summed E-state index contributed by atoms with van der Waals surface area (Å²) in [5, 5.41) is 20.1. The van der Waals surface area contributed by atoms with Gasteiger partial charge in [0.25, 0.3) is 0 Å². The van der Waals surface area contributed by atoms with Gasteiger partial charge in [0, 0.05) is 19.6 Å². The van der Waals surface area contributed by atoms with Crippen molar-refractivity contribution in [3.63, 3.8) is 0 Å². The van der Waals surface area contributed by atoms with Gasteiger partial charge in [-0.3, -0.25) is 4.79 Å². The van der Waals surface area contributed by atoms with E-state index in [0.29, 0.717) is 18.9 Å². The van der Waals surface area contributed by atoms with Crippen LogP contribution in [-0.4, -0.2) is 52.6 Å². The van der Waals surface area contributed by atoms with Crippen LogP contribution in [0.4, 0.5) is 0 Å². The highest BCUT2D eigenvalue weighted by Gasteiger charge is 2.51. The first-order chi connectivity index (χ1) is 14.2. The summed E-state index contributed by atoms with van der Waals surface area (Å²) in [6.07, 6.45) is 9.44. The fourth-order valence-corrected chi connectivity index (χ4v) is 5.87. The molecular formula is C24H43ClO5. The highest BCUT2D eigenvalue weighted by Crippen LogP contribution is 2.51. The fourth-order valence-electron chi connectivity index (χ4n) is 5.41. The van der Waals surface area contributed by atoms with Gasteiger partial charge < -0.3 is 19.7 Å². The number of alkyl halides is 1. The van der Waals surface area contributed by atoms with Gasteiger partial charge in [-0.25, -0.2) is 0 Å². The van der Waals surface area contributed by atoms with E-state index < -0.39 is 5.60 Å². The van der Waals surface area contributed by atoms with Crippen LogP contribution < -0.4 is 0 Å². The number of aliphatic hydroxyl groups excluding tert-OH is 2. The molecule has 6 heteroatoms. The van der Waals surface area contributed by atoms with Gasteiger partial charge in [-0.05, 0) is 83.5 Å². The van der Waals surface area contributed by atoms with Gasteiger partial charge >= 0.3 is 5.97 Å². The molecule has 0 bridgehead atoms. The quantitative estimate of drug-likeness (QED) is 0.269. The van der Waals surface area contributed by atoms with E-state index in [1.54, 1.807) is 0 Å². The van der Waals surface area contributed by atoms with E-state index in [9.17, 15) is 15.0 Å². The Balaban J connectivity index is 1.83. The molecule has 1 heterocycles. The molecule has 176 valence electrons. The molecule has 0 amide bonds. The molecule has 0 spiro atoms. The largest absolute Gasteiger partial charge is 0.460 e. The van der Waals surface area contributed by atoms with Crippen LogP contribution in [0.3, 0.4) is 0 Å². The molecule has 2 aliphatic rings. The second-order valence-corrected chi connectivity index (χ2v) is 11.1. The molecule has 5 atom stereocenters. The first kappa shape index (κ1) is 25.9. The first-order valence-electron chi connectivity index (χ1n) is 11.9. The van der Waals surface area contributed by atoms with Crippen molar-refractivity contribution < 1.29 is 24.5 Å². The fraction of sp³-hybridized carbons (Fsp3) is 0.958. The average molecular weight is 447 g/mol. The summed E-state index contributed by atoms with van der Waals surface area (Å²) in [5.41, 5.74) is -0.417. The number of esters is 1. The van der Waals surface area contributed by atoms with Crippen LogP contribution in [-0.2, 0) is 14.3 Å². The van der Waals surface area contributed by atoms with Crippen LogP contribution in [0.15, 0.2) is 0 Å².